The Morgan fingerprint density at radius 3 is 1.84 bits per heavy atom. The van der Waals surface area contributed by atoms with Gasteiger partial charge in [-0.05, 0) is 89.5 Å². The molecule has 0 unspecified atom stereocenters. The van der Waals surface area contributed by atoms with Crippen LogP contribution in [0.15, 0.2) is 121 Å². The molecule has 6 rings (SSSR count). The Hall–Kier alpha value is -4.30. The van der Waals surface area contributed by atoms with Crippen LogP contribution in [0.2, 0.25) is 0 Å². The number of hydrogen-bond donors (Lipinski definition) is 1. The minimum absolute atomic E-state index is 0.245. The van der Waals surface area contributed by atoms with E-state index < -0.39 is 0 Å². The van der Waals surface area contributed by atoms with Crippen molar-refractivity contribution in [2.45, 2.75) is 39.0 Å². The Labute approximate surface area is 225 Å². The van der Waals surface area contributed by atoms with Crippen LogP contribution in [0.4, 0.5) is 11.4 Å². The summed E-state index contributed by atoms with van der Waals surface area (Å²) in [7, 11) is 0. The third kappa shape index (κ3) is 4.26. The minimum Gasteiger partial charge on any atom is -0.356 e. The number of nitrogens with one attached hydrogen (secondary N) is 1. The number of hydrogen-bond acceptors (Lipinski definition) is 1. The van der Waals surface area contributed by atoms with Gasteiger partial charge in [0, 0.05) is 27.8 Å². The maximum Gasteiger partial charge on any atom is 0.0541 e. The zero-order chi connectivity index (χ0) is 26.1. The first-order chi connectivity index (χ1) is 18.6. The first-order valence-corrected chi connectivity index (χ1v) is 13.7. The minimum atomic E-state index is 0.245. The topological polar surface area (TPSA) is 17.0 Å². The summed E-state index contributed by atoms with van der Waals surface area (Å²) < 4.78 is 2.36. The van der Waals surface area contributed by atoms with E-state index in [1.807, 2.05) is 0 Å². The number of benzene rings is 5. The first kappa shape index (κ1) is 24.1. The molecular weight excluding hydrogens is 460 g/mol. The third-order valence-electron chi connectivity index (χ3n) is 8.34. The Morgan fingerprint density at radius 2 is 1.16 bits per heavy atom. The lowest BCUT2D eigenvalue weighted by Crippen LogP contribution is -2.19. The zero-order valence-electron chi connectivity index (χ0n) is 22.4. The SMILES string of the molecule is CCC(C)(CC)c1ccc(Nc2ccc(-c3ccc4c(c3)c3ccccc3n4-c3ccccc3)cc2)cc1. The van der Waals surface area contributed by atoms with Crippen LogP contribution in [0, 0.1) is 0 Å². The second kappa shape index (κ2) is 9.87. The molecule has 1 heterocycles. The van der Waals surface area contributed by atoms with Gasteiger partial charge in [0.15, 0.2) is 0 Å². The molecule has 0 fully saturated rings. The highest BCUT2D eigenvalue weighted by atomic mass is 15.0. The number of para-hydroxylation sites is 2. The van der Waals surface area contributed by atoms with E-state index in [-0.39, 0.29) is 5.41 Å². The van der Waals surface area contributed by atoms with Crippen molar-refractivity contribution in [3.8, 4) is 16.8 Å². The zero-order valence-corrected chi connectivity index (χ0v) is 22.4. The molecule has 0 aliphatic rings. The van der Waals surface area contributed by atoms with Crippen molar-refractivity contribution < 1.29 is 0 Å². The molecule has 2 heteroatoms. The summed E-state index contributed by atoms with van der Waals surface area (Å²) in [6.45, 7) is 6.90. The maximum absolute atomic E-state index is 3.57. The van der Waals surface area contributed by atoms with Crippen molar-refractivity contribution in [3.63, 3.8) is 0 Å². The lowest BCUT2D eigenvalue weighted by atomic mass is 9.78. The molecule has 188 valence electrons. The van der Waals surface area contributed by atoms with Crippen LogP contribution >= 0.6 is 0 Å². The van der Waals surface area contributed by atoms with E-state index in [2.05, 4.69) is 152 Å². The van der Waals surface area contributed by atoms with Gasteiger partial charge in [-0.3, -0.25) is 0 Å². The summed E-state index contributed by atoms with van der Waals surface area (Å²) in [5.74, 6) is 0. The van der Waals surface area contributed by atoms with Crippen molar-refractivity contribution in [1.82, 2.24) is 4.57 Å². The largest absolute Gasteiger partial charge is 0.356 e. The van der Waals surface area contributed by atoms with Gasteiger partial charge in [-0.2, -0.15) is 0 Å². The van der Waals surface area contributed by atoms with E-state index in [0.29, 0.717) is 0 Å². The molecule has 1 N–H and O–H groups in total. The van der Waals surface area contributed by atoms with Crippen molar-refractivity contribution in [2.75, 3.05) is 5.32 Å². The molecule has 1 aromatic heterocycles. The van der Waals surface area contributed by atoms with Gasteiger partial charge in [-0.1, -0.05) is 87.5 Å². The van der Waals surface area contributed by atoms with Gasteiger partial charge in [0.05, 0.1) is 11.0 Å². The van der Waals surface area contributed by atoms with Crippen molar-refractivity contribution in [3.05, 3.63) is 127 Å². The lowest BCUT2D eigenvalue weighted by molar-refractivity contribution is 0.439. The summed E-state index contributed by atoms with van der Waals surface area (Å²) in [5.41, 5.74) is 9.95. The van der Waals surface area contributed by atoms with Gasteiger partial charge in [0.2, 0.25) is 0 Å². The second-order valence-corrected chi connectivity index (χ2v) is 10.5. The smallest absolute Gasteiger partial charge is 0.0541 e. The van der Waals surface area contributed by atoms with Gasteiger partial charge in [0.25, 0.3) is 0 Å². The average molecular weight is 495 g/mol. The summed E-state index contributed by atoms with van der Waals surface area (Å²) in [6, 6.07) is 43.8. The average Bonchev–Trinajstić information content (AvgIpc) is 3.32. The summed E-state index contributed by atoms with van der Waals surface area (Å²) in [6.07, 6.45) is 2.30. The summed E-state index contributed by atoms with van der Waals surface area (Å²) >= 11 is 0. The first-order valence-electron chi connectivity index (χ1n) is 13.7. The summed E-state index contributed by atoms with van der Waals surface area (Å²) in [5, 5.41) is 6.12. The normalized spacial score (nSPS) is 11.8. The molecule has 2 nitrogen and oxygen atoms in total. The van der Waals surface area contributed by atoms with Crippen molar-refractivity contribution in [1.29, 1.82) is 0 Å². The molecule has 0 spiro atoms. The van der Waals surface area contributed by atoms with E-state index >= 15 is 0 Å². The van der Waals surface area contributed by atoms with Crippen molar-refractivity contribution in [2.24, 2.45) is 0 Å². The fraction of sp³-hybridized carbons (Fsp3) is 0.167. The van der Waals surface area contributed by atoms with Gasteiger partial charge in [-0.25, -0.2) is 0 Å². The Morgan fingerprint density at radius 1 is 0.579 bits per heavy atom. The summed E-state index contributed by atoms with van der Waals surface area (Å²) in [4.78, 5) is 0. The molecular formula is C36H34N2. The van der Waals surface area contributed by atoms with Crippen LogP contribution in [0.25, 0.3) is 38.6 Å². The van der Waals surface area contributed by atoms with Crippen LogP contribution in [-0.4, -0.2) is 4.57 Å². The Balaban J connectivity index is 1.30. The number of aromatic nitrogens is 1. The fourth-order valence-corrected chi connectivity index (χ4v) is 5.53. The molecule has 0 bridgehead atoms. The second-order valence-electron chi connectivity index (χ2n) is 10.5. The molecule has 0 aliphatic carbocycles. The molecule has 0 amide bonds. The van der Waals surface area contributed by atoms with E-state index in [4.69, 9.17) is 0 Å². The highest BCUT2D eigenvalue weighted by molar-refractivity contribution is 6.10. The molecule has 0 saturated carbocycles. The predicted molar refractivity (Wildman–Crippen MR) is 164 cm³/mol. The van der Waals surface area contributed by atoms with E-state index in [0.717, 1.165) is 24.2 Å². The number of rotatable bonds is 7. The van der Waals surface area contributed by atoms with Crippen LogP contribution in [0.1, 0.15) is 39.2 Å². The molecule has 5 aromatic carbocycles. The van der Waals surface area contributed by atoms with E-state index in [1.54, 1.807) is 0 Å². The molecule has 0 radical (unpaired) electrons. The standard InChI is InChI=1S/C36H34N2/c1-4-36(3,5-2)28-18-22-30(23-19-28)37-29-20-15-26(16-21-29)27-17-24-35-33(25-27)32-13-9-10-14-34(32)38(35)31-11-7-6-8-12-31/h6-25,37H,4-5H2,1-3H3. The van der Waals surface area contributed by atoms with E-state index in [9.17, 15) is 0 Å². The quantitative estimate of drug-likeness (QED) is 0.233. The van der Waals surface area contributed by atoms with Crippen LogP contribution in [0.3, 0.4) is 0 Å². The van der Waals surface area contributed by atoms with Crippen LogP contribution < -0.4 is 5.32 Å². The molecule has 0 saturated heterocycles. The highest BCUT2D eigenvalue weighted by Crippen LogP contribution is 2.35. The number of anilines is 2. The third-order valence-corrected chi connectivity index (χ3v) is 8.34. The van der Waals surface area contributed by atoms with Crippen LogP contribution in [-0.2, 0) is 5.41 Å². The predicted octanol–water partition coefficient (Wildman–Crippen LogP) is 10.3. The maximum atomic E-state index is 3.57. The molecule has 0 atom stereocenters. The van der Waals surface area contributed by atoms with Gasteiger partial charge < -0.3 is 9.88 Å². The van der Waals surface area contributed by atoms with Gasteiger partial charge >= 0.3 is 0 Å². The monoisotopic (exact) mass is 494 g/mol. The fourth-order valence-electron chi connectivity index (χ4n) is 5.53. The van der Waals surface area contributed by atoms with Gasteiger partial charge in [0.1, 0.15) is 0 Å². The number of nitrogens with zero attached hydrogens (tertiary/aromatic N) is 1. The van der Waals surface area contributed by atoms with Gasteiger partial charge in [-0.15, -0.1) is 0 Å². The Kier molecular flexibility index (Phi) is 6.25. The molecule has 0 aliphatic heterocycles. The van der Waals surface area contributed by atoms with E-state index in [1.165, 1.54) is 44.2 Å². The lowest BCUT2D eigenvalue weighted by Gasteiger charge is -2.27. The molecule has 6 aromatic rings. The highest BCUT2D eigenvalue weighted by Gasteiger charge is 2.21. The van der Waals surface area contributed by atoms with Crippen molar-refractivity contribution >= 4 is 33.2 Å². The molecule has 38 heavy (non-hydrogen) atoms. The van der Waals surface area contributed by atoms with Crippen LogP contribution in [0.5, 0.6) is 0 Å². The Bertz CT molecular complexity index is 1690. The number of fused-ring (bicyclic) bond motifs is 3.